The van der Waals surface area contributed by atoms with Crippen molar-refractivity contribution in [3.63, 3.8) is 0 Å². The van der Waals surface area contributed by atoms with E-state index in [1.807, 2.05) is 0 Å². The summed E-state index contributed by atoms with van der Waals surface area (Å²) >= 11 is 0. The van der Waals surface area contributed by atoms with E-state index in [1.54, 1.807) is 6.92 Å². The molecule has 2 heteroatoms. The summed E-state index contributed by atoms with van der Waals surface area (Å²) in [7, 11) is 0. The number of hydrogen-bond donors (Lipinski definition) is 1. The summed E-state index contributed by atoms with van der Waals surface area (Å²) in [5.74, 6) is 0.0195. The molecule has 0 spiro atoms. The van der Waals surface area contributed by atoms with E-state index < -0.39 is 0 Å². The second-order valence-electron chi connectivity index (χ2n) is 6.02. The summed E-state index contributed by atoms with van der Waals surface area (Å²) in [6.07, 6.45) is 2.38. The number of carbonyl (C=O) groups excluding carboxylic acids is 1. The fourth-order valence-corrected chi connectivity index (χ4v) is 3.11. The van der Waals surface area contributed by atoms with Gasteiger partial charge in [0.25, 0.3) is 0 Å². The Morgan fingerprint density at radius 3 is 2.48 bits per heavy atom. The summed E-state index contributed by atoms with van der Waals surface area (Å²) in [5.41, 5.74) is 5.43. The molecule has 2 aromatic carbocycles. The predicted octanol–water partition coefficient (Wildman–Crippen LogP) is 3.71. The number of hydrogen-bond acceptors (Lipinski definition) is 1. The van der Waals surface area contributed by atoms with E-state index in [9.17, 15) is 4.79 Å². The van der Waals surface area contributed by atoms with Crippen LogP contribution in [0.15, 0.2) is 48.5 Å². The van der Waals surface area contributed by atoms with E-state index in [1.165, 1.54) is 35.1 Å². The normalized spacial score (nSPS) is 15.5. The van der Waals surface area contributed by atoms with Crippen molar-refractivity contribution in [2.45, 2.75) is 38.6 Å². The monoisotopic (exact) mass is 279 g/mol. The summed E-state index contributed by atoms with van der Waals surface area (Å²) < 4.78 is 0. The Kier molecular flexibility index (Phi) is 3.54. The minimum atomic E-state index is 0.0195. The van der Waals surface area contributed by atoms with Crippen LogP contribution in [0.25, 0.3) is 0 Å². The molecule has 21 heavy (non-hydrogen) atoms. The molecule has 1 N–H and O–H groups in total. The standard InChI is InChI=1S/C19H21NO/c1-14-8-9-16(13-20-15(2)21)18(12-14)19(10-11-19)17-6-4-3-5-7-17/h3-9,12H,10-11,13H2,1-2H3,(H,20,21). The number of aryl methyl sites for hydroxylation is 1. The zero-order valence-corrected chi connectivity index (χ0v) is 12.6. The Bertz CT molecular complexity index is 657. The molecule has 1 aliphatic rings. The van der Waals surface area contributed by atoms with E-state index >= 15 is 0 Å². The van der Waals surface area contributed by atoms with Crippen molar-refractivity contribution >= 4 is 5.91 Å². The van der Waals surface area contributed by atoms with E-state index in [4.69, 9.17) is 0 Å². The lowest BCUT2D eigenvalue weighted by Gasteiger charge is -2.21. The summed E-state index contributed by atoms with van der Waals surface area (Å²) in [6, 6.07) is 17.3. The minimum Gasteiger partial charge on any atom is -0.352 e. The fourth-order valence-electron chi connectivity index (χ4n) is 3.11. The zero-order valence-electron chi connectivity index (χ0n) is 12.6. The molecule has 0 aromatic heterocycles. The molecule has 108 valence electrons. The lowest BCUT2D eigenvalue weighted by Crippen LogP contribution is -2.22. The number of carbonyl (C=O) groups is 1. The van der Waals surface area contributed by atoms with Crippen LogP contribution in [0, 0.1) is 6.92 Å². The maximum atomic E-state index is 11.2. The summed E-state index contributed by atoms with van der Waals surface area (Å²) in [4.78, 5) is 11.2. The maximum absolute atomic E-state index is 11.2. The molecule has 1 amide bonds. The molecule has 3 rings (SSSR count). The molecule has 0 heterocycles. The van der Waals surface area contributed by atoms with Gasteiger partial charge in [0.15, 0.2) is 0 Å². The van der Waals surface area contributed by atoms with Gasteiger partial charge >= 0.3 is 0 Å². The highest BCUT2D eigenvalue weighted by Gasteiger charge is 2.46. The van der Waals surface area contributed by atoms with Gasteiger partial charge in [-0.2, -0.15) is 0 Å². The van der Waals surface area contributed by atoms with Crippen LogP contribution in [0.1, 0.15) is 42.0 Å². The van der Waals surface area contributed by atoms with Crippen LogP contribution in [0.4, 0.5) is 0 Å². The van der Waals surface area contributed by atoms with Gasteiger partial charge in [-0.25, -0.2) is 0 Å². The molecule has 0 bridgehead atoms. The van der Waals surface area contributed by atoms with Crippen LogP contribution in [0.2, 0.25) is 0 Å². The van der Waals surface area contributed by atoms with Gasteiger partial charge in [-0.3, -0.25) is 4.79 Å². The first kappa shape index (κ1) is 13.9. The van der Waals surface area contributed by atoms with Gasteiger partial charge in [-0.05, 0) is 36.5 Å². The Labute approximate surface area is 126 Å². The first-order valence-corrected chi connectivity index (χ1v) is 7.52. The van der Waals surface area contributed by atoms with Gasteiger partial charge in [-0.15, -0.1) is 0 Å². The lowest BCUT2D eigenvalue weighted by atomic mass is 9.84. The molecule has 2 nitrogen and oxygen atoms in total. The Hall–Kier alpha value is -2.09. The Morgan fingerprint density at radius 1 is 1.14 bits per heavy atom. The molecular weight excluding hydrogens is 258 g/mol. The largest absolute Gasteiger partial charge is 0.352 e. The first-order valence-electron chi connectivity index (χ1n) is 7.52. The summed E-state index contributed by atoms with van der Waals surface area (Å²) in [5, 5.41) is 2.93. The van der Waals surface area contributed by atoms with Crippen LogP contribution in [0.5, 0.6) is 0 Å². The van der Waals surface area contributed by atoms with Crippen molar-refractivity contribution in [2.24, 2.45) is 0 Å². The van der Waals surface area contributed by atoms with Gasteiger partial charge in [0.2, 0.25) is 5.91 Å². The van der Waals surface area contributed by atoms with E-state index in [0.29, 0.717) is 6.54 Å². The third-order valence-electron chi connectivity index (χ3n) is 4.39. The van der Waals surface area contributed by atoms with Gasteiger partial charge < -0.3 is 5.32 Å². The Balaban J connectivity index is 2.01. The third kappa shape index (κ3) is 2.71. The maximum Gasteiger partial charge on any atom is 0.217 e. The number of rotatable bonds is 4. The van der Waals surface area contributed by atoms with Crippen LogP contribution >= 0.6 is 0 Å². The number of benzene rings is 2. The van der Waals surface area contributed by atoms with Gasteiger partial charge in [-0.1, -0.05) is 54.1 Å². The van der Waals surface area contributed by atoms with Gasteiger partial charge in [0, 0.05) is 18.9 Å². The second kappa shape index (κ2) is 5.36. The highest BCUT2D eigenvalue weighted by atomic mass is 16.1. The van der Waals surface area contributed by atoms with E-state index in [0.717, 1.165) is 0 Å². The predicted molar refractivity (Wildman–Crippen MR) is 85.2 cm³/mol. The summed E-state index contributed by atoms with van der Waals surface area (Å²) in [6.45, 7) is 4.31. The average Bonchev–Trinajstić information content (AvgIpc) is 3.28. The third-order valence-corrected chi connectivity index (χ3v) is 4.39. The zero-order chi connectivity index (χ0) is 14.9. The molecule has 0 radical (unpaired) electrons. The molecule has 0 unspecified atom stereocenters. The smallest absolute Gasteiger partial charge is 0.217 e. The van der Waals surface area contributed by atoms with Crippen molar-refractivity contribution in [1.82, 2.24) is 5.32 Å². The van der Waals surface area contributed by atoms with E-state index in [-0.39, 0.29) is 11.3 Å². The Morgan fingerprint density at radius 2 is 1.86 bits per heavy atom. The highest BCUT2D eigenvalue weighted by Crippen LogP contribution is 2.54. The minimum absolute atomic E-state index is 0.0195. The SMILES string of the molecule is CC(=O)NCc1ccc(C)cc1C1(c2ccccc2)CC1. The quantitative estimate of drug-likeness (QED) is 0.908. The molecule has 1 aliphatic carbocycles. The molecule has 2 aromatic rings. The topological polar surface area (TPSA) is 29.1 Å². The fraction of sp³-hybridized carbons (Fsp3) is 0.316. The van der Waals surface area contributed by atoms with Crippen molar-refractivity contribution in [3.05, 3.63) is 70.8 Å². The molecule has 1 saturated carbocycles. The molecular formula is C19H21NO. The van der Waals surface area contributed by atoms with E-state index in [2.05, 4.69) is 60.8 Å². The van der Waals surface area contributed by atoms with Gasteiger partial charge in [0.05, 0.1) is 0 Å². The molecule has 1 fully saturated rings. The highest BCUT2D eigenvalue weighted by molar-refractivity contribution is 5.72. The molecule has 0 aliphatic heterocycles. The van der Waals surface area contributed by atoms with Crippen molar-refractivity contribution in [2.75, 3.05) is 0 Å². The van der Waals surface area contributed by atoms with Crippen LogP contribution in [-0.4, -0.2) is 5.91 Å². The van der Waals surface area contributed by atoms with Crippen LogP contribution in [-0.2, 0) is 16.8 Å². The average molecular weight is 279 g/mol. The van der Waals surface area contributed by atoms with Crippen molar-refractivity contribution in [3.8, 4) is 0 Å². The second-order valence-corrected chi connectivity index (χ2v) is 6.02. The molecule has 0 atom stereocenters. The van der Waals surface area contributed by atoms with Gasteiger partial charge in [0.1, 0.15) is 0 Å². The molecule has 0 saturated heterocycles. The van der Waals surface area contributed by atoms with Crippen LogP contribution in [0.3, 0.4) is 0 Å². The van der Waals surface area contributed by atoms with Crippen molar-refractivity contribution < 1.29 is 4.79 Å². The first-order chi connectivity index (χ1) is 10.1. The number of amides is 1. The van der Waals surface area contributed by atoms with Crippen LogP contribution < -0.4 is 5.32 Å². The van der Waals surface area contributed by atoms with Crippen molar-refractivity contribution in [1.29, 1.82) is 0 Å². The lowest BCUT2D eigenvalue weighted by molar-refractivity contribution is -0.119. The number of nitrogens with one attached hydrogen (secondary N) is 1.